The van der Waals surface area contributed by atoms with Gasteiger partial charge in [0, 0.05) is 43.1 Å². The molecule has 31 heavy (non-hydrogen) atoms. The van der Waals surface area contributed by atoms with Crippen LogP contribution in [0.5, 0.6) is 0 Å². The van der Waals surface area contributed by atoms with E-state index in [0.29, 0.717) is 5.82 Å². The summed E-state index contributed by atoms with van der Waals surface area (Å²) in [6.45, 7) is 9.27. The maximum atomic E-state index is 12.9. The van der Waals surface area contributed by atoms with Crippen molar-refractivity contribution >= 4 is 22.9 Å². The van der Waals surface area contributed by atoms with Gasteiger partial charge >= 0.3 is 6.03 Å². The van der Waals surface area contributed by atoms with Crippen molar-refractivity contribution in [3.05, 3.63) is 54.6 Å². The van der Waals surface area contributed by atoms with Gasteiger partial charge in [-0.2, -0.15) is 4.68 Å². The summed E-state index contributed by atoms with van der Waals surface area (Å²) in [5, 5.41) is 7.39. The molecule has 2 aliphatic heterocycles. The van der Waals surface area contributed by atoms with Gasteiger partial charge in [-0.05, 0) is 56.8 Å². The van der Waals surface area contributed by atoms with Gasteiger partial charge in [-0.1, -0.05) is 12.6 Å². The Morgan fingerprint density at radius 2 is 2.06 bits per heavy atom. The highest BCUT2D eigenvalue weighted by Crippen LogP contribution is 2.39. The number of imidazole rings is 1. The van der Waals surface area contributed by atoms with E-state index in [2.05, 4.69) is 50.1 Å². The van der Waals surface area contributed by atoms with Crippen LogP contribution >= 0.6 is 0 Å². The standard InChI is InChI=1S/C23H29N7O/c1-17(2)26-21-6-11-30(27-21)22(31)28-12-8-23(9-13-28)7-3-10-29(23)15-18-4-5-19-20(14-18)25-16-24-19/h4-6,11,14,16H,1,3,7-10,12-13,15H2,2H3,(H,24,25)(H,26,27). The van der Waals surface area contributed by atoms with E-state index in [1.165, 1.54) is 23.1 Å². The number of nitrogens with zero attached hydrogens (tertiary/aromatic N) is 5. The zero-order chi connectivity index (χ0) is 21.4. The molecule has 0 aliphatic carbocycles. The first-order valence-electron chi connectivity index (χ1n) is 11.0. The van der Waals surface area contributed by atoms with Crippen molar-refractivity contribution < 1.29 is 4.79 Å². The van der Waals surface area contributed by atoms with E-state index in [1.807, 2.05) is 11.8 Å². The highest BCUT2D eigenvalue weighted by Gasteiger charge is 2.43. The second-order valence-corrected chi connectivity index (χ2v) is 8.82. The number of fused-ring (bicyclic) bond motifs is 1. The lowest BCUT2D eigenvalue weighted by Crippen LogP contribution is -2.53. The molecule has 2 N–H and O–H groups in total. The van der Waals surface area contributed by atoms with E-state index in [-0.39, 0.29) is 11.6 Å². The summed E-state index contributed by atoms with van der Waals surface area (Å²) in [7, 11) is 0. The summed E-state index contributed by atoms with van der Waals surface area (Å²) < 4.78 is 1.43. The number of hydrogen-bond donors (Lipinski definition) is 2. The number of H-pyrrole nitrogens is 1. The maximum absolute atomic E-state index is 12.9. The number of aromatic nitrogens is 4. The minimum atomic E-state index is -0.0566. The molecule has 1 aromatic carbocycles. The van der Waals surface area contributed by atoms with Gasteiger partial charge in [0.05, 0.1) is 17.4 Å². The van der Waals surface area contributed by atoms with Crippen molar-refractivity contribution in [2.45, 2.75) is 44.7 Å². The lowest BCUT2D eigenvalue weighted by molar-refractivity contribution is 0.0585. The second kappa shape index (κ2) is 7.85. The Hall–Kier alpha value is -3.13. The molecule has 2 fully saturated rings. The fourth-order valence-corrected chi connectivity index (χ4v) is 5.08. The number of allylic oxidation sites excluding steroid dienone is 1. The number of likely N-dealkylation sites (tertiary alicyclic amines) is 2. The van der Waals surface area contributed by atoms with Crippen molar-refractivity contribution in [1.29, 1.82) is 0 Å². The molecule has 0 saturated carbocycles. The lowest BCUT2D eigenvalue weighted by Gasteiger charge is -2.45. The minimum absolute atomic E-state index is 0.0566. The Morgan fingerprint density at radius 1 is 1.23 bits per heavy atom. The van der Waals surface area contributed by atoms with Crippen LogP contribution in [0.3, 0.4) is 0 Å². The van der Waals surface area contributed by atoms with Gasteiger partial charge in [-0.25, -0.2) is 9.78 Å². The van der Waals surface area contributed by atoms with Crippen LogP contribution in [0.4, 0.5) is 10.6 Å². The van der Waals surface area contributed by atoms with Crippen molar-refractivity contribution in [2.75, 3.05) is 25.0 Å². The van der Waals surface area contributed by atoms with Crippen LogP contribution < -0.4 is 5.32 Å². The molecular formula is C23H29N7O. The Balaban J connectivity index is 1.24. The average molecular weight is 420 g/mol. The fraction of sp³-hybridized carbons (Fsp3) is 0.435. The van der Waals surface area contributed by atoms with Crippen LogP contribution in [0, 0.1) is 0 Å². The van der Waals surface area contributed by atoms with Gasteiger partial charge in [0.15, 0.2) is 5.82 Å². The summed E-state index contributed by atoms with van der Waals surface area (Å²) in [5.74, 6) is 0.644. The number of carbonyl (C=O) groups is 1. The smallest absolute Gasteiger partial charge is 0.344 e. The molecule has 2 saturated heterocycles. The summed E-state index contributed by atoms with van der Waals surface area (Å²) in [6.07, 6.45) is 7.89. The van der Waals surface area contributed by atoms with Gasteiger partial charge in [-0.3, -0.25) is 4.90 Å². The lowest BCUT2D eigenvalue weighted by atomic mass is 9.85. The van der Waals surface area contributed by atoms with E-state index in [0.717, 1.165) is 55.8 Å². The molecule has 2 aliphatic rings. The molecule has 3 aromatic rings. The molecule has 0 radical (unpaired) electrons. The predicted molar refractivity (Wildman–Crippen MR) is 121 cm³/mol. The average Bonchev–Trinajstić information content (AvgIpc) is 3.49. The van der Waals surface area contributed by atoms with E-state index in [9.17, 15) is 4.79 Å². The first-order chi connectivity index (χ1) is 15.0. The topological polar surface area (TPSA) is 82.1 Å². The molecule has 162 valence electrons. The van der Waals surface area contributed by atoms with E-state index in [1.54, 1.807) is 18.6 Å². The first-order valence-corrected chi connectivity index (χ1v) is 11.0. The number of nitrogens with one attached hydrogen (secondary N) is 2. The Bertz CT molecular complexity index is 1110. The Labute approximate surface area is 181 Å². The number of rotatable bonds is 4. The predicted octanol–water partition coefficient (Wildman–Crippen LogP) is 3.80. The molecule has 2 aromatic heterocycles. The number of anilines is 1. The van der Waals surface area contributed by atoms with Crippen LogP contribution in [-0.2, 0) is 6.54 Å². The third-order valence-electron chi connectivity index (χ3n) is 6.69. The minimum Gasteiger partial charge on any atom is -0.345 e. The molecule has 8 nitrogen and oxygen atoms in total. The largest absolute Gasteiger partial charge is 0.345 e. The first kappa shape index (κ1) is 19.8. The van der Waals surface area contributed by atoms with Crippen molar-refractivity contribution in [1.82, 2.24) is 29.5 Å². The quantitative estimate of drug-likeness (QED) is 0.672. The highest BCUT2D eigenvalue weighted by atomic mass is 16.2. The molecule has 1 amide bonds. The van der Waals surface area contributed by atoms with Crippen molar-refractivity contribution in [2.24, 2.45) is 0 Å². The Kier molecular flexibility index (Phi) is 5.02. The maximum Gasteiger partial charge on any atom is 0.344 e. The number of hydrogen-bond acceptors (Lipinski definition) is 5. The molecular weight excluding hydrogens is 390 g/mol. The van der Waals surface area contributed by atoms with E-state index < -0.39 is 0 Å². The van der Waals surface area contributed by atoms with Gasteiger partial charge < -0.3 is 15.2 Å². The molecule has 8 heteroatoms. The van der Waals surface area contributed by atoms with Crippen molar-refractivity contribution in [3.8, 4) is 0 Å². The number of amides is 1. The van der Waals surface area contributed by atoms with Crippen molar-refractivity contribution in [3.63, 3.8) is 0 Å². The third kappa shape index (κ3) is 3.83. The summed E-state index contributed by atoms with van der Waals surface area (Å²) in [4.78, 5) is 25.0. The van der Waals surface area contributed by atoms with Gasteiger partial charge in [0.1, 0.15) is 0 Å². The molecule has 4 heterocycles. The van der Waals surface area contributed by atoms with E-state index in [4.69, 9.17) is 0 Å². The molecule has 0 unspecified atom stereocenters. The van der Waals surface area contributed by atoms with Gasteiger partial charge in [-0.15, -0.1) is 5.10 Å². The van der Waals surface area contributed by atoms with Crippen LogP contribution in [0.25, 0.3) is 11.0 Å². The Morgan fingerprint density at radius 3 is 2.87 bits per heavy atom. The van der Waals surface area contributed by atoms with Gasteiger partial charge in [0.2, 0.25) is 0 Å². The zero-order valence-corrected chi connectivity index (χ0v) is 18.0. The molecule has 1 spiro atoms. The zero-order valence-electron chi connectivity index (χ0n) is 18.0. The number of benzene rings is 1. The SMILES string of the molecule is C=C(C)Nc1ccn(C(=O)N2CCC3(CCCN3Cc3ccc4nc[nH]c4c3)CC2)n1. The number of piperidine rings is 1. The third-order valence-corrected chi connectivity index (χ3v) is 6.69. The van der Waals surface area contributed by atoms with Crippen LogP contribution in [-0.4, -0.2) is 60.8 Å². The van der Waals surface area contributed by atoms with Crippen LogP contribution in [0.15, 0.2) is 49.1 Å². The normalized spacial score (nSPS) is 18.7. The molecule has 5 rings (SSSR count). The second-order valence-electron chi connectivity index (χ2n) is 8.82. The summed E-state index contributed by atoms with van der Waals surface area (Å²) >= 11 is 0. The highest BCUT2D eigenvalue weighted by molar-refractivity contribution is 5.76. The number of carbonyl (C=O) groups excluding carboxylic acids is 1. The monoisotopic (exact) mass is 419 g/mol. The fourth-order valence-electron chi connectivity index (χ4n) is 5.08. The molecule has 0 bridgehead atoms. The molecule has 0 atom stereocenters. The van der Waals surface area contributed by atoms with Gasteiger partial charge in [0.25, 0.3) is 0 Å². The number of aromatic amines is 1. The summed E-state index contributed by atoms with van der Waals surface area (Å²) in [6, 6.07) is 8.22. The van der Waals surface area contributed by atoms with E-state index >= 15 is 0 Å². The summed E-state index contributed by atoms with van der Waals surface area (Å²) in [5.41, 5.74) is 4.39. The van der Waals surface area contributed by atoms with Crippen LogP contribution in [0.1, 0.15) is 38.2 Å². The van der Waals surface area contributed by atoms with Crippen LogP contribution in [0.2, 0.25) is 0 Å².